The number of hydrogen-bond acceptors (Lipinski definition) is 6. The van der Waals surface area contributed by atoms with E-state index in [1.54, 1.807) is 27.8 Å². The highest BCUT2D eigenvalue weighted by Gasteiger charge is 2.20. The van der Waals surface area contributed by atoms with Gasteiger partial charge in [-0.25, -0.2) is 9.50 Å². The summed E-state index contributed by atoms with van der Waals surface area (Å²) in [5, 5.41) is 8.92. The molecule has 158 valence electrons. The molecule has 4 heterocycles. The number of amides is 1. The number of fused-ring (bicyclic) bond motifs is 1. The number of benzene rings is 1. The third-order valence-corrected chi connectivity index (χ3v) is 5.47. The van der Waals surface area contributed by atoms with Gasteiger partial charge in [-0.1, -0.05) is 12.1 Å². The van der Waals surface area contributed by atoms with Crippen molar-refractivity contribution in [2.45, 2.75) is 13.3 Å². The Labute approximate surface area is 179 Å². The summed E-state index contributed by atoms with van der Waals surface area (Å²) in [4.78, 5) is 23.6. The van der Waals surface area contributed by atoms with E-state index < -0.39 is 0 Å². The largest absolute Gasteiger partial charge is 0.378 e. The van der Waals surface area contributed by atoms with E-state index in [9.17, 15) is 4.79 Å². The maximum absolute atomic E-state index is 12.8. The van der Waals surface area contributed by atoms with Gasteiger partial charge in [-0.05, 0) is 24.1 Å². The number of hydrogen-bond donors (Lipinski definition) is 0. The van der Waals surface area contributed by atoms with E-state index >= 15 is 0 Å². The molecule has 1 aliphatic heterocycles. The second kappa shape index (κ2) is 7.92. The number of carbonyl (C=O) groups is 1. The van der Waals surface area contributed by atoms with Crippen molar-refractivity contribution >= 4 is 11.6 Å². The molecule has 1 aromatic carbocycles. The molecule has 0 radical (unpaired) electrons. The summed E-state index contributed by atoms with van der Waals surface area (Å²) >= 11 is 0. The number of morpholine rings is 1. The van der Waals surface area contributed by atoms with Crippen molar-refractivity contribution in [1.29, 1.82) is 0 Å². The number of aryl methyl sites for hydroxylation is 2. The lowest BCUT2D eigenvalue weighted by atomic mass is 10.0. The van der Waals surface area contributed by atoms with Crippen LogP contribution in [-0.4, -0.2) is 66.5 Å². The van der Waals surface area contributed by atoms with E-state index in [1.807, 2.05) is 43.3 Å². The third-order valence-electron chi connectivity index (χ3n) is 5.47. The monoisotopic (exact) mass is 417 g/mol. The van der Waals surface area contributed by atoms with Crippen molar-refractivity contribution in [3.8, 4) is 11.3 Å². The van der Waals surface area contributed by atoms with Gasteiger partial charge < -0.3 is 9.64 Å². The molecule has 0 atom stereocenters. The first-order valence-electron chi connectivity index (χ1n) is 10.2. The van der Waals surface area contributed by atoms with Gasteiger partial charge in [0.25, 0.3) is 5.91 Å². The Balaban J connectivity index is 1.40. The van der Waals surface area contributed by atoms with Crippen molar-refractivity contribution in [3.05, 3.63) is 65.5 Å². The zero-order chi connectivity index (χ0) is 21.4. The van der Waals surface area contributed by atoms with Crippen LogP contribution in [0.25, 0.3) is 16.9 Å². The van der Waals surface area contributed by atoms with Crippen molar-refractivity contribution in [1.82, 2.24) is 34.3 Å². The Hall–Kier alpha value is -3.59. The number of aromatic nitrogens is 6. The normalized spacial score (nSPS) is 14.3. The van der Waals surface area contributed by atoms with E-state index in [0.717, 1.165) is 27.9 Å². The molecule has 9 heteroatoms. The van der Waals surface area contributed by atoms with Crippen molar-refractivity contribution in [2.75, 3.05) is 26.3 Å². The predicted molar refractivity (Wildman–Crippen MR) is 114 cm³/mol. The lowest BCUT2D eigenvalue weighted by molar-refractivity contribution is 0.0302. The van der Waals surface area contributed by atoms with Crippen LogP contribution in [0.5, 0.6) is 0 Å². The summed E-state index contributed by atoms with van der Waals surface area (Å²) in [6.07, 6.45) is 7.74. The molecule has 1 amide bonds. The Morgan fingerprint density at radius 2 is 2.00 bits per heavy atom. The topological polar surface area (TPSA) is 90.4 Å². The van der Waals surface area contributed by atoms with Crippen molar-refractivity contribution in [2.24, 2.45) is 7.05 Å². The van der Waals surface area contributed by atoms with Crippen LogP contribution in [0.4, 0.5) is 0 Å². The number of ether oxygens (including phenoxy) is 1. The zero-order valence-corrected chi connectivity index (χ0v) is 17.5. The van der Waals surface area contributed by atoms with Crippen molar-refractivity contribution < 1.29 is 9.53 Å². The van der Waals surface area contributed by atoms with Gasteiger partial charge >= 0.3 is 0 Å². The minimum Gasteiger partial charge on any atom is -0.378 e. The highest BCUT2D eigenvalue weighted by Crippen LogP contribution is 2.20. The summed E-state index contributed by atoms with van der Waals surface area (Å²) in [5.41, 5.74) is 5.20. The molecule has 0 unspecified atom stereocenters. The molecular weight excluding hydrogens is 394 g/mol. The molecule has 9 nitrogen and oxygen atoms in total. The number of rotatable bonds is 4. The minimum absolute atomic E-state index is 0.0605. The second-order valence-electron chi connectivity index (χ2n) is 7.72. The third kappa shape index (κ3) is 3.79. The molecule has 5 rings (SSSR count). The molecule has 1 fully saturated rings. The average Bonchev–Trinajstić information content (AvgIpc) is 3.39. The Morgan fingerprint density at radius 3 is 2.74 bits per heavy atom. The van der Waals surface area contributed by atoms with Crippen LogP contribution in [0.2, 0.25) is 0 Å². The molecule has 0 bridgehead atoms. The van der Waals surface area contributed by atoms with Crippen LogP contribution in [-0.2, 0) is 18.2 Å². The predicted octanol–water partition coefficient (Wildman–Crippen LogP) is 1.90. The molecule has 1 aliphatic rings. The molecule has 3 aromatic heterocycles. The number of carbonyl (C=O) groups excluding carboxylic acids is 1. The fourth-order valence-corrected chi connectivity index (χ4v) is 3.88. The van der Waals surface area contributed by atoms with Gasteiger partial charge in [0.2, 0.25) is 0 Å². The molecule has 0 spiro atoms. The summed E-state index contributed by atoms with van der Waals surface area (Å²) < 4.78 is 8.88. The van der Waals surface area contributed by atoms with E-state index in [2.05, 4.69) is 15.1 Å². The Morgan fingerprint density at radius 1 is 1.16 bits per heavy atom. The quantitative estimate of drug-likeness (QED) is 0.504. The highest BCUT2D eigenvalue weighted by atomic mass is 16.5. The molecular formula is C22H23N7O2. The summed E-state index contributed by atoms with van der Waals surface area (Å²) in [6.45, 7) is 4.44. The van der Waals surface area contributed by atoms with E-state index in [4.69, 9.17) is 9.84 Å². The smallest absolute Gasteiger partial charge is 0.254 e. The zero-order valence-electron chi connectivity index (χ0n) is 17.5. The van der Waals surface area contributed by atoms with Gasteiger partial charge in [0.15, 0.2) is 11.5 Å². The summed E-state index contributed by atoms with van der Waals surface area (Å²) in [7, 11) is 1.87. The first-order valence-corrected chi connectivity index (χ1v) is 10.2. The molecule has 0 N–H and O–H groups in total. The fourth-order valence-electron chi connectivity index (χ4n) is 3.88. The highest BCUT2D eigenvalue weighted by molar-refractivity contribution is 5.95. The van der Waals surface area contributed by atoms with Gasteiger partial charge in [-0.3, -0.25) is 14.5 Å². The van der Waals surface area contributed by atoms with Crippen molar-refractivity contribution in [3.63, 3.8) is 0 Å². The lowest BCUT2D eigenvalue weighted by Gasteiger charge is -2.27. The Kier molecular flexibility index (Phi) is 4.95. The first kappa shape index (κ1) is 19.4. The second-order valence-corrected chi connectivity index (χ2v) is 7.72. The fraction of sp³-hybridized carbons (Fsp3) is 0.318. The van der Waals surface area contributed by atoms with E-state index in [0.29, 0.717) is 44.2 Å². The molecule has 1 saturated heterocycles. The molecule has 31 heavy (non-hydrogen) atoms. The van der Waals surface area contributed by atoms with Crippen LogP contribution >= 0.6 is 0 Å². The SMILES string of the molecule is Cc1cc(Cc2nc3cncc(-c4cnn(C)c4)n3n2)ccc1C(=O)N1CCOCC1. The maximum Gasteiger partial charge on any atom is 0.254 e. The summed E-state index contributed by atoms with van der Waals surface area (Å²) in [5.74, 6) is 0.759. The minimum atomic E-state index is 0.0605. The van der Waals surface area contributed by atoms with Crippen LogP contribution in [0.3, 0.4) is 0 Å². The van der Waals surface area contributed by atoms with E-state index in [-0.39, 0.29) is 5.91 Å². The summed E-state index contributed by atoms with van der Waals surface area (Å²) in [6, 6.07) is 5.92. The van der Waals surface area contributed by atoms with Gasteiger partial charge in [0.05, 0.1) is 37.5 Å². The van der Waals surface area contributed by atoms with Crippen LogP contribution in [0, 0.1) is 6.92 Å². The lowest BCUT2D eigenvalue weighted by Crippen LogP contribution is -2.40. The molecule has 0 aliphatic carbocycles. The van der Waals surface area contributed by atoms with Crippen LogP contribution in [0.15, 0.2) is 43.0 Å². The molecule has 4 aromatic rings. The average molecular weight is 417 g/mol. The number of nitrogens with zero attached hydrogens (tertiary/aromatic N) is 7. The Bertz CT molecular complexity index is 1250. The maximum atomic E-state index is 12.8. The van der Waals surface area contributed by atoms with Gasteiger partial charge in [-0.15, -0.1) is 0 Å². The molecule has 0 saturated carbocycles. The van der Waals surface area contributed by atoms with Gasteiger partial charge in [0, 0.05) is 43.9 Å². The first-order chi connectivity index (χ1) is 15.1. The van der Waals surface area contributed by atoms with Gasteiger partial charge in [0.1, 0.15) is 0 Å². The van der Waals surface area contributed by atoms with Crippen LogP contribution < -0.4 is 0 Å². The van der Waals surface area contributed by atoms with Crippen LogP contribution in [0.1, 0.15) is 27.3 Å². The van der Waals surface area contributed by atoms with E-state index in [1.165, 1.54) is 0 Å². The van der Waals surface area contributed by atoms with Gasteiger partial charge in [-0.2, -0.15) is 10.2 Å². The standard InChI is InChI=1S/C22H23N7O2/c1-15-9-16(3-4-18(15)22(30)28-5-7-31-8-6-28)10-20-25-21-13-23-12-19(29(21)26-20)17-11-24-27(2)14-17/h3-4,9,11-14H,5-8,10H2,1-2H3.